The summed E-state index contributed by atoms with van der Waals surface area (Å²) in [6, 6.07) is 0. The van der Waals surface area contributed by atoms with Crippen molar-refractivity contribution in [3.8, 4) is 0 Å². The molecule has 0 amide bonds. The quantitative estimate of drug-likeness (QED) is 0.214. The molecule has 5 atom stereocenters. The molecule has 5 nitrogen and oxygen atoms in total. The van der Waals surface area contributed by atoms with Crippen molar-refractivity contribution in [1.82, 2.24) is 0 Å². The van der Waals surface area contributed by atoms with Crippen LogP contribution in [0.5, 0.6) is 0 Å². The van der Waals surface area contributed by atoms with Crippen LogP contribution in [0.1, 0.15) is 53.4 Å². The predicted octanol–water partition coefficient (Wildman–Crippen LogP) is 5.04. The number of methoxy groups -OCH3 is 2. The molecule has 1 aliphatic heterocycles. The van der Waals surface area contributed by atoms with Crippen LogP contribution < -0.4 is 0 Å². The van der Waals surface area contributed by atoms with Crippen molar-refractivity contribution >= 4 is 27.5 Å². The van der Waals surface area contributed by atoms with Gasteiger partial charge in [0.1, 0.15) is 19.7 Å². The van der Waals surface area contributed by atoms with E-state index in [-0.39, 0.29) is 35.5 Å². The minimum Gasteiger partial charge on any atom is -0.366 e. The van der Waals surface area contributed by atoms with E-state index in [0.29, 0.717) is 0 Å². The minimum atomic E-state index is -0.491. The van der Waals surface area contributed by atoms with Crippen molar-refractivity contribution in [1.29, 1.82) is 0 Å². The fourth-order valence-corrected chi connectivity index (χ4v) is 3.75. The second-order valence-electron chi connectivity index (χ2n) is 8.12. The van der Waals surface area contributed by atoms with E-state index in [1.165, 1.54) is 0 Å². The van der Waals surface area contributed by atoms with E-state index < -0.39 is 11.2 Å². The molecule has 0 spiro atoms. The van der Waals surface area contributed by atoms with Gasteiger partial charge >= 0.3 is 0 Å². The fraction of sp³-hybridized carbons (Fsp3) is 0.900. The Labute approximate surface area is 178 Å². The van der Waals surface area contributed by atoms with Crippen LogP contribution in [0.25, 0.3) is 0 Å². The van der Waals surface area contributed by atoms with Crippen LogP contribution in [-0.2, 0) is 23.7 Å². The third-order valence-electron chi connectivity index (χ3n) is 5.32. The van der Waals surface area contributed by atoms with Crippen LogP contribution in [0.3, 0.4) is 0 Å². The van der Waals surface area contributed by atoms with Gasteiger partial charge in [-0.2, -0.15) is 0 Å². The van der Waals surface area contributed by atoms with Gasteiger partial charge in [0.25, 0.3) is 0 Å². The first kappa shape index (κ1) is 25.3. The van der Waals surface area contributed by atoms with E-state index in [9.17, 15) is 0 Å². The van der Waals surface area contributed by atoms with Crippen molar-refractivity contribution in [3.63, 3.8) is 0 Å². The molecule has 0 aromatic rings. The van der Waals surface area contributed by atoms with Gasteiger partial charge in [-0.25, -0.2) is 0 Å². The summed E-state index contributed by atoms with van der Waals surface area (Å²) in [5, 5.41) is 0. The Balaban J connectivity index is 2.86. The maximum absolute atomic E-state index is 6.50. The molecular weight excluding hydrogens is 436 g/mol. The van der Waals surface area contributed by atoms with Crippen molar-refractivity contribution in [2.45, 2.75) is 86.5 Å². The average molecular weight is 472 g/mol. The van der Waals surface area contributed by atoms with Gasteiger partial charge in [0, 0.05) is 19.0 Å². The molecule has 0 saturated carbocycles. The summed E-state index contributed by atoms with van der Waals surface area (Å²) < 4.78 is 28.6. The summed E-state index contributed by atoms with van der Waals surface area (Å²) in [5.41, 5.74) is -0.961. The Morgan fingerprint density at radius 1 is 1.30 bits per heavy atom. The van der Waals surface area contributed by atoms with Gasteiger partial charge in [0.05, 0.1) is 22.2 Å². The first-order chi connectivity index (χ1) is 12.5. The zero-order chi connectivity index (χ0) is 20.7. The van der Waals surface area contributed by atoms with E-state index in [2.05, 4.69) is 36.4 Å². The van der Waals surface area contributed by atoms with Crippen LogP contribution in [0.4, 0.5) is 0 Å². The van der Waals surface area contributed by atoms with Gasteiger partial charge in [-0.05, 0) is 53.4 Å². The van der Waals surface area contributed by atoms with Crippen LogP contribution in [-0.4, -0.2) is 60.9 Å². The molecule has 0 unspecified atom stereocenters. The first-order valence-electron chi connectivity index (χ1n) is 9.39. The Bertz CT molecular complexity index is 458. The molecule has 0 N–H and O–H groups in total. The second kappa shape index (κ2) is 10.9. The summed E-state index contributed by atoms with van der Waals surface area (Å²) in [4.78, 5) is -0.175. The largest absolute Gasteiger partial charge is 0.366 e. The van der Waals surface area contributed by atoms with E-state index in [0.717, 1.165) is 25.7 Å². The van der Waals surface area contributed by atoms with Gasteiger partial charge in [0.2, 0.25) is 0 Å². The molecule has 1 rings (SSSR count). The molecule has 160 valence electrons. The zero-order valence-electron chi connectivity index (χ0n) is 17.6. The molecule has 7 heteroatoms. The maximum atomic E-state index is 6.50. The molecule has 0 bridgehead atoms. The highest BCUT2D eigenvalue weighted by Gasteiger charge is 2.49. The van der Waals surface area contributed by atoms with Crippen molar-refractivity contribution in [2.75, 3.05) is 27.8 Å². The number of hydrogen-bond donors (Lipinski definition) is 0. The lowest BCUT2D eigenvalue weighted by Crippen LogP contribution is -2.47. The van der Waals surface area contributed by atoms with Gasteiger partial charge < -0.3 is 23.7 Å². The molecule has 0 radical (unpaired) electrons. The monoisotopic (exact) mass is 470 g/mol. The summed E-state index contributed by atoms with van der Waals surface area (Å²) in [5.74, 6) is 0. The normalized spacial score (nSPS) is 27.9. The third kappa shape index (κ3) is 7.25. The highest BCUT2D eigenvalue weighted by molar-refractivity contribution is 9.09. The van der Waals surface area contributed by atoms with E-state index in [1.54, 1.807) is 20.3 Å². The van der Waals surface area contributed by atoms with Crippen LogP contribution >= 0.6 is 27.5 Å². The molecule has 1 heterocycles. The minimum absolute atomic E-state index is 0.0793. The topological polar surface area (TPSA) is 46.2 Å². The summed E-state index contributed by atoms with van der Waals surface area (Å²) in [6.07, 6.45) is 4.82. The highest BCUT2D eigenvalue weighted by Crippen LogP contribution is 2.42. The first-order valence-corrected chi connectivity index (χ1v) is 10.7. The van der Waals surface area contributed by atoms with Crippen LogP contribution in [0.2, 0.25) is 0 Å². The second-order valence-corrected chi connectivity index (χ2v) is 10.2. The third-order valence-corrected chi connectivity index (χ3v) is 7.45. The Morgan fingerprint density at radius 3 is 2.44 bits per heavy atom. The summed E-state index contributed by atoms with van der Waals surface area (Å²) >= 11 is 10.2. The Hall–Kier alpha value is 0.310. The highest BCUT2D eigenvalue weighted by atomic mass is 79.9. The van der Waals surface area contributed by atoms with Gasteiger partial charge in [-0.15, -0.1) is 18.2 Å². The lowest BCUT2D eigenvalue weighted by Gasteiger charge is -2.39. The van der Waals surface area contributed by atoms with Gasteiger partial charge in [-0.3, -0.25) is 0 Å². The lowest BCUT2D eigenvalue weighted by atomic mass is 9.88. The number of ether oxygens (including phenoxy) is 5. The number of rotatable bonds is 13. The van der Waals surface area contributed by atoms with Crippen molar-refractivity contribution in [2.24, 2.45) is 0 Å². The summed E-state index contributed by atoms with van der Waals surface area (Å²) in [6.45, 7) is 12.5. The fourth-order valence-electron chi connectivity index (χ4n) is 3.41. The standard InChI is InChI=1S/C20H36BrClO5/c1-8-16(25-13-23-6)20(5)12-10-17(27-20)19(4,26-14-24-7)11-9-15(21)18(2,3)22/h8,15-17H,1,9-14H2,2-7H3/t15-,16-,17-,19+,20+/m1/s1. The number of hydrogen-bond acceptors (Lipinski definition) is 5. The molecular formula is C20H36BrClO5. The predicted molar refractivity (Wildman–Crippen MR) is 113 cm³/mol. The number of alkyl halides is 2. The molecule has 0 aliphatic carbocycles. The van der Waals surface area contributed by atoms with Crippen molar-refractivity contribution in [3.05, 3.63) is 12.7 Å². The summed E-state index contributed by atoms with van der Waals surface area (Å²) in [7, 11) is 3.23. The van der Waals surface area contributed by atoms with Gasteiger partial charge in [0.15, 0.2) is 0 Å². The maximum Gasteiger partial charge on any atom is 0.147 e. The molecule has 27 heavy (non-hydrogen) atoms. The molecule has 0 aromatic carbocycles. The molecule has 1 saturated heterocycles. The molecule has 0 aromatic heterocycles. The Kier molecular flexibility index (Phi) is 10.2. The Morgan fingerprint density at radius 2 is 1.93 bits per heavy atom. The smallest absolute Gasteiger partial charge is 0.147 e. The average Bonchev–Trinajstić information content (AvgIpc) is 3.01. The van der Waals surface area contributed by atoms with Crippen LogP contribution in [0.15, 0.2) is 12.7 Å². The van der Waals surface area contributed by atoms with Crippen LogP contribution in [0, 0.1) is 0 Å². The number of halogens is 2. The lowest BCUT2D eigenvalue weighted by molar-refractivity contribution is -0.212. The zero-order valence-corrected chi connectivity index (χ0v) is 19.9. The molecule has 1 aliphatic rings. The van der Waals surface area contributed by atoms with E-state index >= 15 is 0 Å². The van der Waals surface area contributed by atoms with E-state index in [4.69, 9.17) is 35.3 Å². The van der Waals surface area contributed by atoms with E-state index in [1.807, 2.05) is 13.8 Å². The molecule has 1 fully saturated rings. The SMILES string of the molecule is C=C[C@@H](OCOC)[C@]1(C)CC[C@H]([C@](C)(CC[C@@H](Br)C(C)(C)Cl)OCOC)O1. The van der Waals surface area contributed by atoms with Gasteiger partial charge in [-0.1, -0.05) is 22.0 Å². The van der Waals surface area contributed by atoms with Crippen molar-refractivity contribution < 1.29 is 23.7 Å².